The first-order valence-electron chi connectivity index (χ1n) is 11.4. The second-order valence-corrected chi connectivity index (χ2v) is 9.24. The highest BCUT2D eigenvalue weighted by molar-refractivity contribution is 6.37. The lowest BCUT2D eigenvalue weighted by Gasteiger charge is -2.18. The Morgan fingerprint density at radius 1 is 1.11 bits per heavy atom. The molecule has 1 aromatic heterocycles. The topological polar surface area (TPSA) is 121 Å². The van der Waals surface area contributed by atoms with Crippen LogP contribution in [0, 0.1) is 11.3 Å². The third-order valence-corrected chi connectivity index (χ3v) is 6.24. The van der Waals surface area contributed by atoms with Crippen molar-refractivity contribution in [3.63, 3.8) is 0 Å². The van der Waals surface area contributed by atoms with Gasteiger partial charge in [-0.3, -0.25) is 14.6 Å². The third kappa shape index (κ3) is 6.18. The van der Waals surface area contributed by atoms with Gasteiger partial charge < -0.3 is 9.64 Å². The minimum absolute atomic E-state index is 0.0644. The van der Waals surface area contributed by atoms with Crippen LogP contribution < -0.4 is 16.0 Å². The summed E-state index contributed by atoms with van der Waals surface area (Å²) in [6.45, 7) is 1.48. The standard InChI is InChI=1S/C27H21Cl2N5O4/c1-33(15-17-5-3-2-4-6-17)10-9-18-11-21(8-7-19(18)16-35)38-25-22(28)12-20(13-23(25)29)34-27(37)31-26(36)24(14-30)32-34/h2-8,11-13,16H,9-10,15H2,1H3,(H,31,36,37). The zero-order chi connectivity index (χ0) is 27.2. The van der Waals surface area contributed by atoms with E-state index in [1.165, 1.54) is 17.7 Å². The molecule has 38 heavy (non-hydrogen) atoms. The van der Waals surface area contributed by atoms with E-state index in [2.05, 4.69) is 22.1 Å². The van der Waals surface area contributed by atoms with E-state index >= 15 is 0 Å². The summed E-state index contributed by atoms with van der Waals surface area (Å²) in [7, 11) is 2.01. The van der Waals surface area contributed by atoms with Crippen molar-refractivity contribution in [2.24, 2.45) is 0 Å². The number of carbonyl (C=O) groups is 1. The van der Waals surface area contributed by atoms with Crippen molar-refractivity contribution in [1.82, 2.24) is 19.7 Å². The lowest BCUT2D eigenvalue weighted by molar-refractivity contribution is 0.112. The number of H-pyrrole nitrogens is 1. The summed E-state index contributed by atoms with van der Waals surface area (Å²) in [4.78, 5) is 39.7. The first kappa shape index (κ1) is 26.8. The maximum Gasteiger partial charge on any atom is 0.349 e. The van der Waals surface area contributed by atoms with Crippen LogP contribution in [0.2, 0.25) is 10.0 Å². The van der Waals surface area contributed by atoms with E-state index in [1.54, 1.807) is 24.3 Å². The van der Waals surface area contributed by atoms with E-state index in [0.717, 1.165) is 23.1 Å². The molecule has 192 valence electrons. The van der Waals surface area contributed by atoms with Crippen molar-refractivity contribution in [3.8, 4) is 23.3 Å². The van der Waals surface area contributed by atoms with E-state index in [1.807, 2.05) is 30.2 Å². The number of halogens is 2. The number of aromatic amines is 1. The fourth-order valence-corrected chi connectivity index (χ4v) is 4.35. The van der Waals surface area contributed by atoms with E-state index in [0.29, 0.717) is 24.3 Å². The number of nitrogens with one attached hydrogen (secondary N) is 1. The monoisotopic (exact) mass is 549 g/mol. The lowest BCUT2D eigenvalue weighted by Crippen LogP contribution is -2.33. The van der Waals surface area contributed by atoms with Crippen molar-refractivity contribution in [2.45, 2.75) is 13.0 Å². The van der Waals surface area contributed by atoms with Crippen LogP contribution in [0.4, 0.5) is 0 Å². The molecule has 9 nitrogen and oxygen atoms in total. The summed E-state index contributed by atoms with van der Waals surface area (Å²) >= 11 is 12.8. The molecule has 3 aromatic carbocycles. The predicted octanol–water partition coefficient (Wildman–Crippen LogP) is 4.38. The molecule has 0 saturated heterocycles. The van der Waals surface area contributed by atoms with Crippen molar-refractivity contribution in [2.75, 3.05) is 13.6 Å². The molecule has 0 atom stereocenters. The number of hydrogen-bond donors (Lipinski definition) is 1. The Balaban J connectivity index is 1.55. The van der Waals surface area contributed by atoms with Crippen LogP contribution in [0.15, 0.2) is 70.3 Å². The first-order valence-corrected chi connectivity index (χ1v) is 12.2. The van der Waals surface area contributed by atoms with Gasteiger partial charge in [0.05, 0.1) is 15.7 Å². The van der Waals surface area contributed by atoms with Gasteiger partial charge in [-0.25, -0.2) is 4.79 Å². The van der Waals surface area contributed by atoms with E-state index in [-0.39, 0.29) is 21.5 Å². The molecule has 0 aliphatic rings. The molecule has 0 fully saturated rings. The number of benzene rings is 3. The van der Waals surface area contributed by atoms with Crippen molar-refractivity contribution in [3.05, 3.63) is 114 Å². The molecule has 0 spiro atoms. The zero-order valence-corrected chi connectivity index (χ0v) is 21.7. The number of rotatable bonds is 9. The fourth-order valence-electron chi connectivity index (χ4n) is 3.79. The lowest BCUT2D eigenvalue weighted by atomic mass is 10.0. The SMILES string of the molecule is CN(CCc1cc(Oc2c(Cl)cc(-n3nc(C#N)c(=O)[nH]c3=O)cc2Cl)ccc1C=O)Cc1ccccc1. The maximum atomic E-state index is 12.2. The average molecular weight is 550 g/mol. The molecule has 0 amide bonds. The normalized spacial score (nSPS) is 10.8. The number of aromatic nitrogens is 3. The summed E-state index contributed by atoms with van der Waals surface area (Å²) in [6.07, 6.45) is 1.41. The first-order chi connectivity index (χ1) is 18.3. The highest BCUT2D eigenvalue weighted by Gasteiger charge is 2.16. The number of nitriles is 1. The largest absolute Gasteiger partial charge is 0.454 e. The molecule has 0 unspecified atom stereocenters. The van der Waals surface area contributed by atoms with Gasteiger partial charge in [-0.2, -0.15) is 9.94 Å². The summed E-state index contributed by atoms with van der Waals surface area (Å²) in [6, 6.07) is 19.5. The van der Waals surface area contributed by atoms with Crippen LogP contribution in [-0.2, 0) is 13.0 Å². The quantitative estimate of drug-likeness (QED) is 0.307. The van der Waals surface area contributed by atoms with Crippen molar-refractivity contribution in [1.29, 1.82) is 5.26 Å². The van der Waals surface area contributed by atoms with E-state index in [4.69, 9.17) is 33.2 Å². The van der Waals surface area contributed by atoms with Crippen molar-refractivity contribution >= 4 is 29.5 Å². The number of nitrogens with zero attached hydrogens (tertiary/aromatic N) is 4. The molecule has 0 saturated carbocycles. The number of aldehydes is 1. The molecule has 0 aliphatic carbocycles. The van der Waals surface area contributed by atoms with Crippen LogP contribution in [-0.4, -0.2) is 39.5 Å². The van der Waals surface area contributed by atoms with Gasteiger partial charge >= 0.3 is 5.69 Å². The summed E-state index contributed by atoms with van der Waals surface area (Å²) in [5.41, 5.74) is 0.425. The molecule has 1 N–H and O–H groups in total. The second-order valence-electron chi connectivity index (χ2n) is 8.42. The Labute approximate surface area is 227 Å². The summed E-state index contributed by atoms with van der Waals surface area (Å²) < 4.78 is 6.77. The maximum absolute atomic E-state index is 12.2. The number of likely N-dealkylation sites (N-methyl/N-ethyl adjacent to an activating group) is 1. The molecule has 0 bridgehead atoms. The Kier molecular flexibility index (Phi) is 8.38. The second kappa shape index (κ2) is 11.9. The van der Waals surface area contributed by atoms with Crippen LogP contribution in [0.1, 0.15) is 27.2 Å². The van der Waals surface area contributed by atoms with Gasteiger partial charge in [0, 0.05) is 18.7 Å². The zero-order valence-electron chi connectivity index (χ0n) is 20.1. The average Bonchev–Trinajstić information content (AvgIpc) is 2.90. The Bertz CT molecular complexity index is 1620. The van der Waals surface area contributed by atoms with E-state index in [9.17, 15) is 14.4 Å². The molecular formula is C27H21Cl2N5O4. The number of ether oxygens (including phenoxy) is 1. The van der Waals surface area contributed by atoms with Gasteiger partial charge in [-0.1, -0.05) is 53.5 Å². The fraction of sp³-hybridized carbons (Fsp3) is 0.148. The van der Waals surface area contributed by atoms with Gasteiger partial charge in [0.25, 0.3) is 5.56 Å². The Morgan fingerprint density at radius 3 is 2.47 bits per heavy atom. The van der Waals surface area contributed by atoms with Crippen LogP contribution in [0.25, 0.3) is 5.69 Å². The highest BCUT2D eigenvalue weighted by atomic mass is 35.5. The van der Waals surface area contributed by atoms with Crippen LogP contribution >= 0.6 is 23.2 Å². The summed E-state index contributed by atoms with van der Waals surface area (Å²) in [5, 5.41) is 12.9. The van der Waals surface area contributed by atoms with Gasteiger partial charge in [0.15, 0.2) is 5.75 Å². The van der Waals surface area contributed by atoms with Gasteiger partial charge in [0.1, 0.15) is 18.1 Å². The Morgan fingerprint density at radius 2 is 1.82 bits per heavy atom. The molecule has 4 rings (SSSR count). The number of hydrogen-bond acceptors (Lipinski definition) is 7. The minimum Gasteiger partial charge on any atom is -0.454 e. The number of carbonyl (C=O) groups excluding carboxylic acids is 1. The van der Waals surface area contributed by atoms with Gasteiger partial charge in [-0.05, 0) is 54.9 Å². The van der Waals surface area contributed by atoms with E-state index < -0.39 is 16.9 Å². The molecule has 11 heteroatoms. The Hall–Kier alpha value is -4.23. The van der Waals surface area contributed by atoms with Crippen LogP contribution in [0.5, 0.6) is 11.5 Å². The molecule has 1 heterocycles. The predicted molar refractivity (Wildman–Crippen MR) is 144 cm³/mol. The molecular weight excluding hydrogens is 529 g/mol. The molecule has 4 aromatic rings. The highest BCUT2D eigenvalue weighted by Crippen LogP contribution is 2.38. The third-order valence-electron chi connectivity index (χ3n) is 5.68. The van der Waals surface area contributed by atoms with Crippen molar-refractivity contribution < 1.29 is 9.53 Å². The van der Waals surface area contributed by atoms with Gasteiger partial charge in [-0.15, -0.1) is 5.10 Å². The minimum atomic E-state index is -0.897. The van der Waals surface area contributed by atoms with Gasteiger partial charge in [0.2, 0.25) is 5.69 Å². The van der Waals surface area contributed by atoms with Crippen LogP contribution in [0.3, 0.4) is 0 Å². The molecule has 0 aliphatic heterocycles. The smallest absolute Gasteiger partial charge is 0.349 e. The summed E-state index contributed by atoms with van der Waals surface area (Å²) in [5.74, 6) is 0.542. The molecule has 0 radical (unpaired) electrons.